The first-order chi connectivity index (χ1) is 9.93. The maximum atomic E-state index is 2.51. The van der Waals surface area contributed by atoms with E-state index in [1.807, 2.05) is 0 Å². The molecule has 0 aromatic heterocycles. The van der Waals surface area contributed by atoms with Crippen molar-refractivity contribution in [2.45, 2.75) is 59.6 Å². The van der Waals surface area contributed by atoms with Crippen molar-refractivity contribution in [2.75, 3.05) is 0 Å². The maximum Gasteiger partial charge on any atom is -1.00 e. The van der Waals surface area contributed by atoms with Crippen molar-refractivity contribution in [1.29, 1.82) is 0 Å². The molecule has 1 aliphatic rings. The molecule has 133 valence electrons. The van der Waals surface area contributed by atoms with Gasteiger partial charge in [-0.05, 0) is 0 Å². The van der Waals surface area contributed by atoms with Gasteiger partial charge in [0.05, 0.1) is 0 Å². The van der Waals surface area contributed by atoms with E-state index in [2.05, 4.69) is 83.5 Å². The van der Waals surface area contributed by atoms with Gasteiger partial charge in [0, 0.05) is 0 Å². The first-order valence-electron chi connectivity index (χ1n) is 8.12. The molecule has 0 aliphatic heterocycles. The molecule has 0 saturated heterocycles. The van der Waals surface area contributed by atoms with Crippen molar-refractivity contribution in [3.8, 4) is 0 Å². The van der Waals surface area contributed by atoms with E-state index < -0.39 is 16.1 Å². The van der Waals surface area contributed by atoms with E-state index in [-0.39, 0.29) is 24.8 Å². The fourth-order valence-corrected chi connectivity index (χ4v) is 8.15. The Balaban J connectivity index is 0. The molecule has 0 saturated carbocycles. The average Bonchev–Trinajstić information content (AvgIpc) is 2.83. The average molecular weight is 478 g/mol. The van der Waals surface area contributed by atoms with Gasteiger partial charge in [-0.3, -0.25) is 0 Å². The molecule has 0 radical (unpaired) electrons. The van der Waals surface area contributed by atoms with Crippen LogP contribution >= 0.6 is 0 Å². The fraction of sp³-hybridized carbons (Fsp3) is 0.474. The largest absolute Gasteiger partial charge is 1.00 e. The van der Waals surface area contributed by atoms with E-state index in [0.717, 1.165) is 6.42 Å². The Hall–Kier alpha value is 0.597. The van der Waals surface area contributed by atoms with Crippen molar-refractivity contribution >= 4 is 16.1 Å². The van der Waals surface area contributed by atoms with Gasteiger partial charge in [-0.1, -0.05) is 0 Å². The summed E-state index contributed by atoms with van der Waals surface area (Å²) >= 11 is 1.52. The molecule has 0 spiro atoms. The smallest absolute Gasteiger partial charge is 1.00 e. The summed E-state index contributed by atoms with van der Waals surface area (Å²) in [6, 6.07) is 0. The second-order valence-electron chi connectivity index (χ2n) is 8.40. The van der Waals surface area contributed by atoms with Gasteiger partial charge in [-0.2, -0.15) is 0 Å². The summed E-state index contributed by atoms with van der Waals surface area (Å²) in [5.41, 5.74) is 3.03. The van der Waals surface area contributed by atoms with Crippen LogP contribution in [0, 0.1) is 0 Å². The van der Waals surface area contributed by atoms with Crippen molar-refractivity contribution in [2.24, 2.45) is 0 Å². The van der Waals surface area contributed by atoms with Crippen LogP contribution in [0.2, 0.25) is 39.3 Å². The first-order valence-corrected chi connectivity index (χ1v) is 16.4. The van der Waals surface area contributed by atoms with Gasteiger partial charge in [-0.25, -0.2) is 0 Å². The van der Waals surface area contributed by atoms with Gasteiger partial charge in [0.2, 0.25) is 0 Å². The molecule has 1 aliphatic carbocycles. The third-order valence-electron chi connectivity index (χ3n) is 3.87. The molecule has 0 fully saturated rings. The molecule has 0 aromatic carbocycles. The van der Waals surface area contributed by atoms with Crippen molar-refractivity contribution in [1.82, 2.24) is 0 Å². The first kappa shape index (κ1) is 26.8. The molecule has 0 atom stereocenters. The van der Waals surface area contributed by atoms with E-state index in [0.29, 0.717) is 0 Å². The summed E-state index contributed by atoms with van der Waals surface area (Å²) in [5, 5.41) is 3.24. The molecule has 0 unspecified atom stereocenters. The third-order valence-corrected chi connectivity index (χ3v) is 8.92. The molecule has 24 heavy (non-hydrogen) atoms. The molecular formula is C19H31Cl2Si2Zr. The zero-order chi connectivity index (χ0) is 17.1. The topological polar surface area (TPSA) is 0 Å². The zero-order valence-electron chi connectivity index (χ0n) is 16.3. The van der Waals surface area contributed by atoms with Crippen LogP contribution in [0.1, 0.15) is 20.3 Å². The van der Waals surface area contributed by atoms with Gasteiger partial charge in [0.15, 0.2) is 0 Å². The van der Waals surface area contributed by atoms with Crippen LogP contribution in [0.15, 0.2) is 55.2 Å². The Morgan fingerprint density at radius 1 is 0.958 bits per heavy atom. The summed E-state index contributed by atoms with van der Waals surface area (Å²) in [5.74, 6) is 0. The van der Waals surface area contributed by atoms with Gasteiger partial charge in [0.1, 0.15) is 0 Å². The van der Waals surface area contributed by atoms with Crippen LogP contribution in [-0.4, -0.2) is 16.1 Å². The van der Waals surface area contributed by atoms with Crippen LogP contribution in [0.25, 0.3) is 0 Å². The minimum Gasteiger partial charge on any atom is -1.00 e. The molecule has 1 rings (SSSR count). The summed E-state index contributed by atoms with van der Waals surface area (Å²) in [4.78, 5) is 0. The standard InChI is InChI=1S/C19H31Si2.2ClH.Zr/c1-16(2)18(20(3,4)5)14-11-15-19(21(6,7)8)17-12-9-10-13-17;;;/h9-10,12,14-15H,13H2,1-8H3;2*1H;/q;;;+2/p-2. The van der Waals surface area contributed by atoms with Gasteiger partial charge in [0.25, 0.3) is 0 Å². The van der Waals surface area contributed by atoms with E-state index in [9.17, 15) is 0 Å². The Morgan fingerprint density at radius 2 is 1.50 bits per heavy atom. The normalized spacial score (nSPS) is 15.5. The number of rotatable bonds is 5. The van der Waals surface area contributed by atoms with Crippen LogP contribution in [-0.2, 0) is 24.7 Å². The van der Waals surface area contributed by atoms with Crippen molar-refractivity contribution in [3.05, 3.63) is 55.2 Å². The zero-order valence-corrected chi connectivity index (χ0v) is 22.3. The molecule has 0 bridgehead atoms. The maximum absolute atomic E-state index is 2.51. The van der Waals surface area contributed by atoms with Crippen LogP contribution in [0.4, 0.5) is 0 Å². The van der Waals surface area contributed by atoms with Gasteiger partial charge < -0.3 is 24.8 Å². The Kier molecular flexibility index (Phi) is 11.9. The monoisotopic (exact) mass is 475 g/mol. The summed E-state index contributed by atoms with van der Waals surface area (Å²) < 4.78 is 1.50. The molecular weight excluding hydrogens is 447 g/mol. The second kappa shape index (κ2) is 10.7. The summed E-state index contributed by atoms with van der Waals surface area (Å²) in [6.07, 6.45) is 12.9. The molecule has 5 heteroatoms. The molecule has 0 N–H and O–H groups in total. The molecule has 0 aromatic rings. The molecule has 0 heterocycles. The Morgan fingerprint density at radius 3 is 1.83 bits per heavy atom. The third kappa shape index (κ3) is 8.32. The predicted octanol–water partition coefficient (Wildman–Crippen LogP) is 0.329. The number of allylic oxidation sites excluding steroid dienone is 10. The quantitative estimate of drug-likeness (QED) is 0.396. The predicted molar refractivity (Wildman–Crippen MR) is 103 cm³/mol. The van der Waals surface area contributed by atoms with E-state index >= 15 is 0 Å². The molecule has 0 amide bonds. The van der Waals surface area contributed by atoms with Gasteiger partial charge in [-0.15, -0.1) is 0 Å². The van der Waals surface area contributed by atoms with Crippen LogP contribution < -0.4 is 24.8 Å². The second-order valence-corrected chi connectivity index (χ2v) is 19.9. The van der Waals surface area contributed by atoms with Crippen LogP contribution in [0.3, 0.4) is 0 Å². The Bertz CT molecular complexity index is 579. The van der Waals surface area contributed by atoms with E-state index in [1.54, 1.807) is 16.0 Å². The number of hydrogen-bond donors (Lipinski definition) is 0. The minimum absolute atomic E-state index is 0. The summed E-state index contributed by atoms with van der Waals surface area (Å²) in [7, 11) is -2.59. The fourth-order valence-electron chi connectivity index (χ4n) is 2.90. The number of halogens is 2. The van der Waals surface area contributed by atoms with E-state index in [1.165, 1.54) is 33.6 Å². The Labute approximate surface area is 179 Å². The van der Waals surface area contributed by atoms with Crippen molar-refractivity contribution < 1.29 is 49.5 Å². The van der Waals surface area contributed by atoms with Crippen LogP contribution in [0.5, 0.6) is 0 Å². The van der Waals surface area contributed by atoms with Gasteiger partial charge >= 0.3 is 156 Å². The van der Waals surface area contributed by atoms with Crippen molar-refractivity contribution in [3.63, 3.8) is 0 Å². The molecule has 0 nitrogen and oxygen atoms in total. The SMILES string of the molecule is CC(C)=C(C=[C]([Zr+2])C=C(C1=CC=CC1)[Si](C)(C)C)[Si](C)(C)C.[Cl-].[Cl-]. The van der Waals surface area contributed by atoms with E-state index in [4.69, 9.17) is 0 Å². The summed E-state index contributed by atoms with van der Waals surface area (Å²) in [6.45, 7) is 19.2. The minimum atomic E-state index is -1.32. The number of hydrogen-bond acceptors (Lipinski definition) is 0.